The zero-order valence-corrected chi connectivity index (χ0v) is 22.1. The van der Waals surface area contributed by atoms with Gasteiger partial charge < -0.3 is 9.80 Å². The Balaban J connectivity index is 2.06. The summed E-state index contributed by atoms with van der Waals surface area (Å²) in [6, 6.07) is 0.609. The van der Waals surface area contributed by atoms with Crippen LogP contribution in [0.4, 0.5) is 0 Å². The molecule has 1 unspecified atom stereocenters. The Morgan fingerprint density at radius 1 is 0.548 bits per heavy atom. The lowest BCUT2D eigenvalue weighted by Crippen LogP contribution is -2.42. The molecule has 0 radical (unpaired) electrons. The molecule has 0 aromatic rings. The van der Waals surface area contributed by atoms with E-state index in [0.29, 0.717) is 12.2 Å². The van der Waals surface area contributed by atoms with Gasteiger partial charge in [-0.3, -0.25) is 0 Å². The number of rotatable bonds is 22. The van der Waals surface area contributed by atoms with Gasteiger partial charge in [-0.1, -0.05) is 123 Å². The highest BCUT2D eigenvalue weighted by Gasteiger charge is 2.26. The van der Waals surface area contributed by atoms with Crippen molar-refractivity contribution in [3.63, 3.8) is 0 Å². The first kappa shape index (κ1) is 28.4. The van der Waals surface area contributed by atoms with E-state index in [1.807, 2.05) is 0 Å². The van der Waals surface area contributed by atoms with Crippen LogP contribution < -0.4 is 0 Å². The molecule has 1 heterocycles. The molecule has 0 aromatic heterocycles. The topological polar surface area (TPSA) is 6.48 Å². The third-order valence-electron chi connectivity index (χ3n) is 7.09. The highest BCUT2D eigenvalue weighted by Crippen LogP contribution is 2.24. The molecule has 0 aliphatic carbocycles. The first-order valence-corrected chi connectivity index (χ1v) is 14.4. The molecule has 1 aliphatic heterocycles. The van der Waals surface area contributed by atoms with Gasteiger partial charge in [-0.15, -0.1) is 0 Å². The highest BCUT2D eigenvalue weighted by atomic mass is 15.4. The summed E-state index contributed by atoms with van der Waals surface area (Å²) in [5, 5.41) is 0. The van der Waals surface area contributed by atoms with Crippen LogP contribution in [-0.2, 0) is 0 Å². The molecule has 184 valence electrons. The second-order valence-corrected chi connectivity index (χ2v) is 10.4. The van der Waals surface area contributed by atoms with Crippen molar-refractivity contribution in [2.24, 2.45) is 0 Å². The lowest BCUT2D eigenvalue weighted by atomic mass is 10.0. The molecule has 1 atom stereocenters. The molecule has 0 saturated carbocycles. The minimum atomic E-state index is 0.609. The third kappa shape index (κ3) is 14.2. The minimum Gasteiger partial charge on any atom is -0.356 e. The second kappa shape index (κ2) is 20.0. The van der Waals surface area contributed by atoms with Crippen LogP contribution in [0.3, 0.4) is 0 Å². The van der Waals surface area contributed by atoms with Crippen molar-refractivity contribution < 1.29 is 0 Å². The molecule has 1 rings (SSSR count). The van der Waals surface area contributed by atoms with E-state index in [9.17, 15) is 0 Å². The average Bonchev–Trinajstić information content (AvgIpc) is 3.17. The van der Waals surface area contributed by atoms with Gasteiger partial charge in [0.05, 0.1) is 0 Å². The Hall–Kier alpha value is -0.660. The van der Waals surface area contributed by atoms with E-state index < -0.39 is 0 Å². The largest absolute Gasteiger partial charge is 0.356 e. The van der Waals surface area contributed by atoms with Crippen molar-refractivity contribution in [2.75, 3.05) is 6.54 Å². The summed E-state index contributed by atoms with van der Waals surface area (Å²) >= 11 is 0. The van der Waals surface area contributed by atoms with Crippen LogP contribution in [0.25, 0.3) is 0 Å². The maximum Gasteiger partial charge on any atom is 0.101 e. The lowest BCUT2D eigenvalue weighted by molar-refractivity contribution is 0.114. The van der Waals surface area contributed by atoms with Crippen LogP contribution >= 0.6 is 0 Å². The SMILES string of the molecule is CCCCCCCCCCCCCCCN1C=CN(C(C)C)C1CCCCCCCC. The summed E-state index contributed by atoms with van der Waals surface area (Å²) in [5.41, 5.74) is 0. The molecular weight excluding hydrogens is 376 g/mol. The van der Waals surface area contributed by atoms with Crippen molar-refractivity contribution in [3.05, 3.63) is 12.4 Å². The van der Waals surface area contributed by atoms with Gasteiger partial charge in [0.2, 0.25) is 0 Å². The third-order valence-corrected chi connectivity index (χ3v) is 7.09. The fourth-order valence-electron chi connectivity index (χ4n) is 5.01. The zero-order valence-electron chi connectivity index (χ0n) is 22.1. The molecule has 1 aliphatic rings. The van der Waals surface area contributed by atoms with Gasteiger partial charge in [-0.2, -0.15) is 0 Å². The van der Waals surface area contributed by atoms with Crippen LogP contribution in [0.5, 0.6) is 0 Å². The molecule has 2 heteroatoms. The normalized spacial score (nSPS) is 16.2. The Morgan fingerprint density at radius 2 is 0.968 bits per heavy atom. The Kier molecular flexibility index (Phi) is 18.3. The number of unbranched alkanes of at least 4 members (excludes halogenated alkanes) is 17. The monoisotopic (exact) mass is 434 g/mol. The quantitative estimate of drug-likeness (QED) is 0.156. The van der Waals surface area contributed by atoms with Crippen LogP contribution in [0, 0.1) is 0 Å². The van der Waals surface area contributed by atoms with Gasteiger partial charge in [0, 0.05) is 25.0 Å². The fraction of sp³-hybridized carbons (Fsp3) is 0.931. The summed E-state index contributed by atoms with van der Waals surface area (Å²) in [5.74, 6) is 0. The molecule has 0 aromatic carbocycles. The van der Waals surface area contributed by atoms with E-state index >= 15 is 0 Å². The summed E-state index contributed by atoms with van der Waals surface area (Å²) in [4.78, 5) is 5.24. The van der Waals surface area contributed by atoms with Gasteiger partial charge in [0.25, 0.3) is 0 Å². The van der Waals surface area contributed by atoms with Gasteiger partial charge in [-0.05, 0) is 33.1 Å². The maximum absolute atomic E-state index is 2.64. The highest BCUT2D eigenvalue weighted by molar-refractivity contribution is 4.98. The number of hydrogen-bond acceptors (Lipinski definition) is 2. The van der Waals surface area contributed by atoms with Gasteiger partial charge in [0.1, 0.15) is 6.17 Å². The first-order valence-electron chi connectivity index (χ1n) is 14.4. The summed E-state index contributed by atoms with van der Waals surface area (Å²) in [7, 11) is 0. The molecule has 0 saturated heterocycles. The van der Waals surface area contributed by atoms with Crippen molar-refractivity contribution in [1.82, 2.24) is 9.80 Å². The molecule has 2 nitrogen and oxygen atoms in total. The molecule has 0 fully saturated rings. The standard InChI is InChI=1S/C29H58N2/c1-5-7-9-11-13-14-15-16-17-18-19-21-23-25-30-26-27-31(28(3)4)29(30)24-22-20-12-10-8-6-2/h26-29H,5-25H2,1-4H3. The van der Waals surface area contributed by atoms with Gasteiger partial charge >= 0.3 is 0 Å². The molecular formula is C29H58N2. The van der Waals surface area contributed by atoms with Crippen LogP contribution in [0.2, 0.25) is 0 Å². The van der Waals surface area contributed by atoms with Crippen LogP contribution in [0.15, 0.2) is 12.4 Å². The molecule has 0 amide bonds. The molecule has 0 bridgehead atoms. The lowest BCUT2D eigenvalue weighted by Gasteiger charge is -2.35. The van der Waals surface area contributed by atoms with Crippen LogP contribution in [-0.4, -0.2) is 28.6 Å². The average molecular weight is 435 g/mol. The van der Waals surface area contributed by atoms with Crippen molar-refractivity contribution >= 4 is 0 Å². The summed E-state index contributed by atoms with van der Waals surface area (Å²) < 4.78 is 0. The predicted octanol–water partition coefficient (Wildman–Crippen LogP) is 9.65. The number of hydrogen-bond donors (Lipinski definition) is 0. The predicted molar refractivity (Wildman–Crippen MR) is 140 cm³/mol. The first-order chi connectivity index (χ1) is 15.2. The Morgan fingerprint density at radius 3 is 1.42 bits per heavy atom. The van der Waals surface area contributed by atoms with E-state index in [0.717, 1.165) is 0 Å². The van der Waals surface area contributed by atoms with E-state index in [1.54, 1.807) is 0 Å². The van der Waals surface area contributed by atoms with Crippen molar-refractivity contribution in [2.45, 2.75) is 168 Å². The fourth-order valence-corrected chi connectivity index (χ4v) is 5.01. The molecule has 0 N–H and O–H groups in total. The van der Waals surface area contributed by atoms with Gasteiger partial charge in [0.15, 0.2) is 0 Å². The molecule has 0 spiro atoms. The molecule has 31 heavy (non-hydrogen) atoms. The summed E-state index contributed by atoms with van der Waals surface area (Å²) in [6.45, 7) is 10.5. The zero-order chi connectivity index (χ0) is 22.6. The van der Waals surface area contributed by atoms with Crippen molar-refractivity contribution in [1.29, 1.82) is 0 Å². The van der Waals surface area contributed by atoms with E-state index in [1.165, 1.54) is 135 Å². The minimum absolute atomic E-state index is 0.609. The number of nitrogens with zero attached hydrogens (tertiary/aromatic N) is 2. The maximum atomic E-state index is 2.64. The van der Waals surface area contributed by atoms with Gasteiger partial charge in [-0.25, -0.2) is 0 Å². The van der Waals surface area contributed by atoms with Crippen LogP contribution in [0.1, 0.15) is 156 Å². The van der Waals surface area contributed by atoms with E-state index in [4.69, 9.17) is 0 Å². The second-order valence-electron chi connectivity index (χ2n) is 10.4. The van der Waals surface area contributed by atoms with E-state index in [-0.39, 0.29) is 0 Å². The van der Waals surface area contributed by atoms with Crippen molar-refractivity contribution in [3.8, 4) is 0 Å². The Bertz CT molecular complexity index is 404. The Labute approximate surface area is 197 Å². The summed E-state index contributed by atoms with van der Waals surface area (Å²) in [6.07, 6.45) is 33.8. The van der Waals surface area contributed by atoms with E-state index in [2.05, 4.69) is 49.9 Å². The smallest absolute Gasteiger partial charge is 0.101 e.